The summed E-state index contributed by atoms with van der Waals surface area (Å²) in [5.41, 5.74) is 5.90. The van der Waals surface area contributed by atoms with Crippen molar-refractivity contribution in [3.63, 3.8) is 0 Å². The van der Waals surface area contributed by atoms with Crippen LogP contribution in [0.25, 0.3) is 0 Å². The Balaban J connectivity index is 1.69. The first kappa shape index (κ1) is 12.4. The van der Waals surface area contributed by atoms with Crippen molar-refractivity contribution in [2.75, 3.05) is 18.8 Å². The molecule has 5 heteroatoms. The van der Waals surface area contributed by atoms with Gasteiger partial charge < -0.3 is 10.6 Å². The minimum absolute atomic E-state index is 0.00322. The van der Waals surface area contributed by atoms with E-state index < -0.39 is 0 Å². The lowest BCUT2D eigenvalue weighted by molar-refractivity contribution is 0.0515. The maximum Gasteiger partial charge on any atom is 0.274 e. The normalized spacial score (nSPS) is 26.8. The van der Waals surface area contributed by atoms with Crippen LogP contribution in [0.5, 0.6) is 0 Å². The third-order valence-corrected chi connectivity index (χ3v) is 4.47. The van der Waals surface area contributed by atoms with Crippen molar-refractivity contribution >= 4 is 11.7 Å². The second-order valence-electron chi connectivity index (χ2n) is 5.67. The van der Waals surface area contributed by atoms with Crippen LogP contribution in [0.3, 0.4) is 0 Å². The molecule has 1 aromatic heterocycles. The standard InChI is InChI=1S/C14H20N4O/c15-13-8-16-12(7-17-13)14(19)18-6-5-10-3-1-2-4-11(10)9-18/h7-8,10-11H,1-6,9H2,(H2,15,17). The Hall–Kier alpha value is -1.65. The van der Waals surface area contributed by atoms with E-state index in [0.29, 0.717) is 17.4 Å². The number of hydrogen-bond donors (Lipinski definition) is 1. The first-order chi connectivity index (χ1) is 9.24. The van der Waals surface area contributed by atoms with E-state index in [0.717, 1.165) is 25.4 Å². The van der Waals surface area contributed by atoms with Gasteiger partial charge in [-0.2, -0.15) is 0 Å². The Morgan fingerprint density at radius 3 is 2.68 bits per heavy atom. The van der Waals surface area contributed by atoms with Gasteiger partial charge in [0.1, 0.15) is 11.5 Å². The predicted molar refractivity (Wildman–Crippen MR) is 72.4 cm³/mol. The molecule has 3 rings (SSSR count). The van der Waals surface area contributed by atoms with Gasteiger partial charge >= 0.3 is 0 Å². The van der Waals surface area contributed by atoms with E-state index in [1.165, 1.54) is 38.1 Å². The fraction of sp³-hybridized carbons (Fsp3) is 0.643. The van der Waals surface area contributed by atoms with Crippen molar-refractivity contribution in [1.29, 1.82) is 0 Å². The Labute approximate surface area is 113 Å². The minimum Gasteiger partial charge on any atom is -0.382 e. The number of carbonyl (C=O) groups is 1. The summed E-state index contributed by atoms with van der Waals surface area (Å²) >= 11 is 0. The molecular formula is C14H20N4O. The summed E-state index contributed by atoms with van der Waals surface area (Å²) in [7, 11) is 0. The van der Waals surface area contributed by atoms with Crippen LogP contribution in [0, 0.1) is 11.8 Å². The highest BCUT2D eigenvalue weighted by Gasteiger charge is 2.33. The Morgan fingerprint density at radius 2 is 1.95 bits per heavy atom. The summed E-state index contributed by atoms with van der Waals surface area (Å²) < 4.78 is 0. The highest BCUT2D eigenvalue weighted by Crippen LogP contribution is 2.36. The minimum atomic E-state index is -0.00322. The second-order valence-corrected chi connectivity index (χ2v) is 5.67. The van der Waals surface area contributed by atoms with Crippen molar-refractivity contribution in [2.45, 2.75) is 32.1 Å². The molecule has 2 heterocycles. The third kappa shape index (κ3) is 2.55. The number of piperidine rings is 1. The molecule has 5 nitrogen and oxygen atoms in total. The van der Waals surface area contributed by atoms with Crippen molar-refractivity contribution in [3.8, 4) is 0 Å². The summed E-state index contributed by atoms with van der Waals surface area (Å²) in [5, 5.41) is 0. The van der Waals surface area contributed by atoms with Crippen molar-refractivity contribution in [3.05, 3.63) is 18.1 Å². The number of fused-ring (bicyclic) bond motifs is 1. The highest BCUT2D eigenvalue weighted by atomic mass is 16.2. The number of rotatable bonds is 1. The van der Waals surface area contributed by atoms with Gasteiger partial charge in [-0.25, -0.2) is 9.97 Å². The fourth-order valence-corrected chi connectivity index (χ4v) is 3.40. The van der Waals surface area contributed by atoms with Gasteiger partial charge in [-0.3, -0.25) is 4.79 Å². The molecule has 0 aromatic carbocycles. The van der Waals surface area contributed by atoms with Crippen LogP contribution in [0.1, 0.15) is 42.6 Å². The van der Waals surface area contributed by atoms with Gasteiger partial charge in [0.05, 0.1) is 12.4 Å². The van der Waals surface area contributed by atoms with Crippen molar-refractivity contribution in [1.82, 2.24) is 14.9 Å². The Kier molecular flexibility index (Phi) is 3.36. The average molecular weight is 260 g/mol. The van der Waals surface area contributed by atoms with Gasteiger partial charge in [0, 0.05) is 13.1 Å². The van der Waals surface area contributed by atoms with Crippen LogP contribution < -0.4 is 5.73 Å². The van der Waals surface area contributed by atoms with Gasteiger partial charge in [0.2, 0.25) is 0 Å². The van der Waals surface area contributed by atoms with Gasteiger partial charge in [-0.15, -0.1) is 0 Å². The Morgan fingerprint density at radius 1 is 1.16 bits per heavy atom. The number of nitrogens with zero attached hydrogens (tertiary/aromatic N) is 3. The maximum absolute atomic E-state index is 12.4. The molecule has 1 saturated carbocycles. The summed E-state index contributed by atoms with van der Waals surface area (Å²) in [6.45, 7) is 1.74. The van der Waals surface area contributed by atoms with Crippen LogP contribution in [-0.4, -0.2) is 33.9 Å². The van der Waals surface area contributed by atoms with Crippen LogP contribution in [0.15, 0.2) is 12.4 Å². The van der Waals surface area contributed by atoms with E-state index in [4.69, 9.17) is 5.73 Å². The van der Waals surface area contributed by atoms with E-state index in [9.17, 15) is 4.79 Å². The van der Waals surface area contributed by atoms with Crippen LogP contribution in [-0.2, 0) is 0 Å². The molecule has 1 aromatic rings. The number of aromatic nitrogens is 2. The quantitative estimate of drug-likeness (QED) is 0.834. The zero-order valence-electron chi connectivity index (χ0n) is 11.1. The third-order valence-electron chi connectivity index (χ3n) is 4.47. The van der Waals surface area contributed by atoms with Crippen molar-refractivity contribution < 1.29 is 4.79 Å². The zero-order valence-corrected chi connectivity index (χ0v) is 11.1. The van der Waals surface area contributed by atoms with Gasteiger partial charge in [0.25, 0.3) is 5.91 Å². The molecular weight excluding hydrogens is 240 g/mol. The summed E-state index contributed by atoms with van der Waals surface area (Å²) in [5.74, 6) is 1.86. The van der Waals surface area contributed by atoms with Crippen molar-refractivity contribution in [2.24, 2.45) is 11.8 Å². The van der Waals surface area contributed by atoms with Crippen LogP contribution in [0.2, 0.25) is 0 Å². The molecule has 102 valence electrons. The number of nitrogens with two attached hydrogens (primary N) is 1. The molecule has 2 unspecified atom stereocenters. The smallest absolute Gasteiger partial charge is 0.274 e. The molecule has 2 aliphatic rings. The summed E-state index contributed by atoms with van der Waals surface area (Å²) in [4.78, 5) is 22.3. The predicted octanol–water partition coefficient (Wildman–Crippen LogP) is 1.71. The molecule has 0 bridgehead atoms. The first-order valence-electron chi connectivity index (χ1n) is 7.11. The second kappa shape index (κ2) is 5.15. The van der Waals surface area contributed by atoms with Crippen LogP contribution in [0.4, 0.5) is 5.82 Å². The molecule has 2 atom stereocenters. The Bertz CT molecular complexity index is 459. The first-order valence-corrected chi connectivity index (χ1v) is 7.11. The molecule has 1 saturated heterocycles. The van der Waals surface area contributed by atoms with E-state index in [1.54, 1.807) is 0 Å². The van der Waals surface area contributed by atoms with Gasteiger partial charge in [0.15, 0.2) is 0 Å². The molecule has 2 N–H and O–H groups in total. The molecule has 2 fully saturated rings. The number of anilines is 1. The summed E-state index contributed by atoms with van der Waals surface area (Å²) in [6.07, 6.45) is 9.34. The van der Waals surface area contributed by atoms with E-state index >= 15 is 0 Å². The average Bonchev–Trinajstić information content (AvgIpc) is 2.47. The highest BCUT2D eigenvalue weighted by molar-refractivity contribution is 5.92. The lowest BCUT2D eigenvalue weighted by atomic mass is 9.75. The topological polar surface area (TPSA) is 72.1 Å². The van der Waals surface area contributed by atoms with Gasteiger partial charge in [-0.05, 0) is 24.7 Å². The molecule has 0 radical (unpaired) electrons. The lowest BCUT2D eigenvalue weighted by Gasteiger charge is -2.41. The summed E-state index contributed by atoms with van der Waals surface area (Å²) in [6, 6.07) is 0. The van der Waals surface area contributed by atoms with Gasteiger partial charge in [-0.1, -0.05) is 19.3 Å². The number of carbonyl (C=O) groups excluding carboxylic acids is 1. The number of nitrogen functional groups attached to an aromatic ring is 1. The number of likely N-dealkylation sites (tertiary alicyclic amines) is 1. The van der Waals surface area contributed by atoms with Crippen LogP contribution >= 0.6 is 0 Å². The SMILES string of the molecule is Nc1cnc(C(=O)N2CCC3CCCCC3C2)cn1. The zero-order chi connectivity index (χ0) is 13.2. The van der Waals surface area contributed by atoms with E-state index in [-0.39, 0.29) is 5.91 Å². The number of hydrogen-bond acceptors (Lipinski definition) is 4. The monoisotopic (exact) mass is 260 g/mol. The molecule has 0 spiro atoms. The van der Waals surface area contributed by atoms with E-state index in [2.05, 4.69) is 9.97 Å². The molecule has 1 aliphatic carbocycles. The number of amides is 1. The van der Waals surface area contributed by atoms with E-state index in [1.807, 2.05) is 4.90 Å². The maximum atomic E-state index is 12.4. The molecule has 19 heavy (non-hydrogen) atoms. The fourth-order valence-electron chi connectivity index (χ4n) is 3.40. The lowest BCUT2D eigenvalue weighted by Crippen LogP contribution is -2.45. The molecule has 1 aliphatic heterocycles. The molecule has 1 amide bonds. The largest absolute Gasteiger partial charge is 0.382 e.